The average Bonchev–Trinajstić information content (AvgIpc) is 3.27. The van der Waals surface area contributed by atoms with E-state index < -0.39 is 0 Å². The number of aromatic amines is 1. The van der Waals surface area contributed by atoms with E-state index in [1.54, 1.807) is 11.3 Å². The van der Waals surface area contributed by atoms with Gasteiger partial charge >= 0.3 is 0 Å². The number of nitrogens with one attached hydrogen (secondary N) is 2. The first-order chi connectivity index (χ1) is 10.3. The second-order valence-electron chi connectivity index (χ2n) is 5.54. The van der Waals surface area contributed by atoms with E-state index >= 15 is 0 Å². The van der Waals surface area contributed by atoms with E-state index in [9.17, 15) is 4.79 Å². The third kappa shape index (κ3) is 3.12. The van der Waals surface area contributed by atoms with Crippen molar-refractivity contribution < 1.29 is 4.79 Å². The number of H-pyrrole nitrogens is 1. The van der Waals surface area contributed by atoms with Crippen molar-refractivity contribution in [1.82, 2.24) is 25.9 Å². The molecule has 0 aliphatic heterocycles. The lowest BCUT2D eigenvalue weighted by atomic mass is 9.96. The van der Waals surface area contributed by atoms with Crippen LogP contribution in [-0.4, -0.2) is 26.5 Å². The number of aromatic nitrogens is 4. The van der Waals surface area contributed by atoms with Crippen molar-refractivity contribution >= 4 is 17.2 Å². The van der Waals surface area contributed by atoms with Gasteiger partial charge < -0.3 is 5.32 Å². The molecule has 0 spiro atoms. The molecule has 112 valence electrons. The molecule has 2 heterocycles. The van der Waals surface area contributed by atoms with E-state index in [4.69, 9.17) is 0 Å². The maximum atomic E-state index is 12.5. The van der Waals surface area contributed by atoms with Crippen LogP contribution in [0.4, 0.5) is 0 Å². The van der Waals surface area contributed by atoms with Crippen molar-refractivity contribution in [3.05, 3.63) is 28.2 Å². The van der Waals surface area contributed by atoms with E-state index in [-0.39, 0.29) is 17.9 Å². The summed E-state index contributed by atoms with van der Waals surface area (Å²) in [6.07, 6.45) is 4.62. The molecule has 0 radical (unpaired) electrons. The molecule has 2 aromatic heterocycles. The summed E-state index contributed by atoms with van der Waals surface area (Å²) in [4.78, 5) is 13.6. The number of nitrogens with zero attached hydrogens (tertiary/aromatic N) is 3. The Morgan fingerprint density at radius 2 is 2.29 bits per heavy atom. The molecule has 7 heteroatoms. The molecule has 2 aromatic rings. The number of thiophene rings is 1. The number of tetrazole rings is 1. The molecular weight excluding hydrogens is 286 g/mol. The molecule has 1 aliphatic rings. The highest BCUT2D eigenvalue weighted by Crippen LogP contribution is 2.35. The van der Waals surface area contributed by atoms with Gasteiger partial charge in [0.1, 0.15) is 0 Å². The monoisotopic (exact) mass is 305 g/mol. The fourth-order valence-electron chi connectivity index (χ4n) is 2.93. The van der Waals surface area contributed by atoms with Gasteiger partial charge in [0, 0.05) is 4.88 Å². The summed E-state index contributed by atoms with van der Waals surface area (Å²) in [6.45, 7) is 1.93. The van der Waals surface area contributed by atoms with Crippen LogP contribution < -0.4 is 5.32 Å². The van der Waals surface area contributed by atoms with E-state index in [0.717, 1.165) is 17.7 Å². The predicted octanol–water partition coefficient (Wildman–Crippen LogP) is 2.41. The highest BCUT2D eigenvalue weighted by molar-refractivity contribution is 7.10. The van der Waals surface area contributed by atoms with Crippen LogP contribution in [0.2, 0.25) is 0 Å². The first-order valence-electron chi connectivity index (χ1n) is 7.33. The summed E-state index contributed by atoms with van der Waals surface area (Å²) in [5, 5.41) is 19.4. The normalized spacial score (nSPS) is 18.5. The summed E-state index contributed by atoms with van der Waals surface area (Å²) < 4.78 is 0. The van der Waals surface area contributed by atoms with Crippen LogP contribution in [0.25, 0.3) is 0 Å². The van der Waals surface area contributed by atoms with Crippen LogP contribution in [0, 0.1) is 5.92 Å². The Morgan fingerprint density at radius 1 is 1.48 bits per heavy atom. The fourth-order valence-corrected chi connectivity index (χ4v) is 3.71. The molecule has 3 rings (SSSR count). The minimum atomic E-state index is -0.152. The largest absolute Gasteiger partial charge is 0.345 e. The van der Waals surface area contributed by atoms with Gasteiger partial charge in [-0.3, -0.25) is 4.79 Å². The van der Waals surface area contributed by atoms with Crippen LogP contribution in [0.3, 0.4) is 0 Å². The highest BCUT2D eigenvalue weighted by atomic mass is 32.1. The number of rotatable bonds is 5. The lowest BCUT2D eigenvalue weighted by Gasteiger charge is -2.23. The molecule has 0 aromatic carbocycles. The van der Waals surface area contributed by atoms with Gasteiger partial charge in [-0.25, -0.2) is 0 Å². The zero-order valence-electron chi connectivity index (χ0n) is 12.0. The zero-order valence-corrected chi connectivity index (χ0v) is 12.8. The Bertz CT molecular complexity index is 562. The Labute approximate surface area is 127 Å². The molecule has 2 N–H and O–H groups in total. The van der Waals surface area contributed by atoms with Gasteiger partial charge in [0.2, 0.25) is 5.91 Å². The number of amides is 1. The van der Waals surface area contributed by atoms with Gasteiger partial charge in [0.25, 0.3) is 0 Å². The molecule has 0 saturated heterocycles. The maximum Gasteiger partial charge on any atom is 0.228 e. The van der Waals surface area contributed by atoms with E-state index in [1.165, 1.54) is 12.8 Å². The lowest BCUT2D eigenvalue weighted by molar-refractivity contribution is -0.123. The van der Waals surface area contributed by atoms with Crippen molar-refractivity contribution in [1.29, 1.82) is 0 Å². The zero-order chi connectivity index (χ0) is 14.7. The lowest BCUT2D eigenvalue weighted by Crippen LogP contribution is -2.36. The van der Waals surface area contributed by atoms with Crippen LogP contribution in [0.15, 0.2) is 17.5 Å². The van der Waals surface area contributed by atoms with Crippen LogP contribution in [-0.2, 0) is 4.79 Å². The number of hydrogen-bond acceptors (Lipinski definition) is 5. The summed E-state index contributed by atoms with van der Waals surface area (Å²) >= 11 is 1.61. The van der Waals surface area contributed by atoms with Crippen molar-refractivity contribution in [3.63, 3.8) is 0 Å². The Morgan fingerprint density at radius 3 is 2.90 bits per heavy atom. The fraction of sp³-hybridized carbons (Fsp3) is 0.571. The third-order valence-corrected chi connectivity index (χ3v) is 5.23. The second-order valence-corrected chi connectivity index (χ2v) is 6.52. The number of hydrogen-bond donors (Lipinski definition) is 2. The minimum Gasteiger partial charge on any atom is -0.345 e. The number of carbonyl (C=O) groups excluding carboxylic acids is 1. The molecule has 1 saturated carbocycles. The molecule has 1 aliphatic carbocycles. The first-order valence-corrected chi connectivity index (χ1v) is 8.21. The minimum absolute atomic E-state index is 0.0270. The summed E-state index contributed by atoms with van der Waals surface area (Å²) in [5.41, 5.74) is 0. The van der Waals surface area contributed by atoms with Crippen molar-refractivity contribution in [3.8, 4) is 0 Å². The maximum absolute atomic E-state index is 12.5. The summed E-state index contributed by atoms with van der Waals surface area (Å²) in [6, 6.07) is 3.83. The quantitative estimate of drug-likeness (QED) is 0.888. The van der Waals surface area contributed by atoms with E-state index in [2.05, 4.69) is 25.9 Å². The standard InChI is InChI=1S/C14H19N5OS/c1-9(11-7-4-8-21-11)14(20)15-12(10-5-2-3-6-10)13-16-18-19-17-13/h4,7-10,12H,2-3,5-6H2,1H3,(H,15,20)(H,16,17,18,19). The van der Waals surface area contributed by atoms with Crippen molar-refractivity contribution in [2.24, 2.45) is 5.92 Å². The SMILES string of the molecule is CC(C(=O)NC(c1nn[nH]n1)C1CCCC1)c1cccs1. The van der Waals surface area contributed by atoms with Crippen LogP contribution in [0.1, 0.15) is 55.3 Å². The molecule has 1 amide bonds. The molecule has 6 nitrogen and oxygen atoms in total. The third-order valence-electron chi connectivity index (χ3n) is 4.17. The topological polar surface area (TPSA) is 83.6 Å². The molecule has 1 fully saturated rings. The van der Waals surface area contributed by atoms with Gasteiger partial charge in [-0.2, -0.15) is 5.21 Å². The van der Waals surface area contributed by atoms with Gasteiger partial charge in [0.05, 0.1) is 12.0 Å². The first kappa shape index (κ1) is 14.2. The molecular formula is C14H19N5OS. The Balaban J connectivity index is 1.73. The Kier molecular flexibility index (Phi) is 4.28. The smallest absolute Gasteiger partial charge is 0.228 e. The molecule has 2 atom stereocenters. The predicted molar refractivity (Wildman–Crippen MR) is 79.8 cm³/mol. The molecule has 0 bridgehead atoms. The van der Waals surface area contributed by atoms with Gasteiger partial charge in [0.15, 0.2) is 5.82 Å². The second kappa shape index (κ2) is 6.34. The van der Waals surface area contributed by atoms with Crippen molar-refractivity contribution in [2.45, 2.75) is 44.6 Å². The Hall–Kier alpha value is -1.76. The van der Waals surface area contributed by atoms with Crippen LogP contribution in [0.5, 0.6) is 0 Å². The summed E-state index contributed by atoms with van der Waals surface area (Å²) in [7, 11) is 0. The summed E-state index contributed by atoms with van der Waals surface area (Å²) in [5.74, 6) is 0.871. The molecule has 2 unspecified atom stereocenters. The van der Waals surface area contributed by atoms with Gasteiger partial charge in [-0.1, -0.05) is 24.1 Å². The van der Waals surface area contributed by atoms with Gasteiger partial charge in [-0.05, 0) is 37.1 Å². The van der Waals surface area contributed by atoms with E-state index in [1.807, 2.05) is 24.4 Å². The highest BCUT2D eigenvalue weighted by Gasteiger charge is 2.32. The van der Waals surface area contributed by atoms with Crippen LogP contribution >= 0.6 is 11.3 Å². The average molecular weight is 305 g/mol. The number of carbonyl (C=O) groups is 1. The molecule has 21 heavy (non-hydrogen) atoms. The van der Waals surface area contributed by atoms with E-state index in [0.29, 0.717) is 11.7 Å². The van der Waals surface area contributed by atoms with Gasteiger partial charge in [-0.15, -0.1) is 21.5 Å². The van der Waals surface area contributed by atoms with Crippen molar-refractivity contribution in [2.75, 3.05) is 0 Å².